The molecule has 0 aromatic heterocycles. The van der Waals surface area contributed by atoms with Gasteiger partial charge in [-0.05, 0) is 33.4 Å². The SMILES string of the molecule is CC(=O)C1CN2CCCCC2CN1C. The van der Waals surface area contributed by atoms with E-state index >= 15 is 0 Å². The number of nitrogens with zero attached hydrogens (tertiary/aromatic N) is 2. The van der Waals surface area contributed by atoms with E-state index in [2.05, 4.69) is 16.8 Å². The summed E-state index contributed by atoms with van der Waals surface area (Å²) in [4.78, 5) is 16.2. The van der Waals surface area contributed by atoms with Crippen LogP contribution < -0.4 is 0 Å². The second-order valence-corrected chi connectivity index (χ2v) is 4.71. The molecule has 0 bridgehead atoms. The van der Waals surface area contributed by atoms with E-state index in [-0.39, 0.29) is 6.04 Å². The summed E-state index contributed by atoms with van der Waals surface area (Å²) in [6.07, 6.45) is 3.99. The van der Waals surface area contributed by atoms with Gasteiger partial charge < -0.3 is 0 Å². The minimum atomic E-state index is 0.143. The van der Waals surface area contributed by atoms with E-state index in [4.69, 9.17) is 0 Å². The lowest BCUT2D eigenvalue weighted by atomic mass is 9.96. The Morgan fingerprint density at radius 1 is 1.29 bits per heavy atom. The van der Waals surface area contributed by atoms with Crippen LogP contribution in [0, 0.1) is 0 Å². The van der Waals surface area contributed by atoms with E-state index in [1.807, 2.05) is 0 Å². The number of fused-ring (bicyclic) bond motifs is 1. The number of piperazine rings is 1. The highest BCUT2D eigenvalue weighted by molar-refractivity contribution is 5.81. The first-order valence-electron chi connectivity index (χ1n) is 5.63. The molecular formula is C11H20N2O. The highest BCUT2D eigenvalue weighted by Gasteiger charge is 2.34. The zero-order valence-corrected chi connectivity index (χ0v) is 9.20. The molecule has 0 spiro atoms. The van der Waals surface area contributed by atoms with Gasteiger partial charge in [0.2, 0.25) is 0 Å². The molecule has 2 saturated heterocycles. The molecule has 2 aliphatic heterocycles. The number of ketones is 1. The van der Waals surface area contributed by atoms with Crippen molar-refractivity contribution in [2.45, 2.75) is 38.3 Å². The fourth-order valence-corrected chi connectivity index (χ4v) is 2.77. The molecule has 2 atom stereocenters. The van der Waals surface area contributed by atoms with E-state index in [0.29, 0.717) is 11.8 Å². The van der Waals surface area contributed by atoms with Crippen molar-refractivity contribution in [3.8, 4) is 0 Å². The Kier molecular flexibility index (Phi) is 2.88. The van der Waals surface area contributed by atoms with Crippen molar-refractivity contribution in [1.29, 1.82) is 0 Å². The van der Waals surface area contributed by atoms with Crippen LogP contribution in [0.3, 0.4) is 0 Å². The Balaban J connectivity index is 2.03. The van der Waals surface area contributed by atoms with E-state index in [0.717, 1.165) is 13.1 Å². The standard InChI is InChI=1S/C11H20N2O/c1-9(14)11-8-13-6-4-3-5-10(13)7-12(11)2/h10-11H,3-8H2,1-2H3. The Bertz CT molecular complexity index is 229. The molecule has 2 unspecified atom stereocenters. The highest BCUT2D eigenvalue weighted by atomic mass is 16.1. The van der Waals surface area contributed by atoms with Gasteiger partial charge in [0, 0.05) is 19.1 Å². The monoisotopic (exact) mass is 196 g/mol. The predicted octanol–water partition coefficient (Wildman–Crippen LogP) is 0.744. The van der Waals surface area contributed by atoms with Gasteiger partial charge in [-0.25, -0.2) is 0 Å². The van der Waals surface area contributed by atoms with Gasteiger partial charge in [0.05, 0.1) is 6.04 Å². The third-order valence-electron chi connectivity index (χ3n) is 3.66. The van der Waals surface area contributed by atoms with Crippen molar-refractivity contribution in [2.75, 3.05) is 26.7 Å². The van der Waals surface area contributed by atoms with Gasteiger partial charge in [0.1, 0.15) is 5.78 Å². The number of rotatable bonds is 1. The van der Waals surface area contributed by atoms with Gasteiger partial charge in [0.25, 0.3) is 0 Å². The molecule has 2 fully saturated rings. The molecule has 2 aliphatic rings. The van der Waals surface area contributed by atoms with Gasteiger partial charge in [-0.15, -0.1) is 0 Å². The smallest absolute Gasteiger partial charge is 0.148 e. The maximum absolute atomic E-state index is 11.4. The molecule has 3 nitrogen and oxygen atoms in total. The van der Waals surface area contributed by atoms with Crippen molar-refractivity contribution in [3.63, 3.8) is 0 Å². The predicted molar refractivity (Wildman–Crippen MR) is 56.3 cm³/mol. The van der Waals surface area contributed by atoms with E-state index < -0.39 is 0 Å². The van der Waals surface area contributed by atoms with Crippen molar-refractivity contribution < 1.29 is 4.79 Å². The van der Waals surface area contributed by atoms with Crippen LogP contribution >= 0.6 is 0 Å². The van der Waals surface area contributed by atoms with Crippen molar-refractivity contribution in [1.82, 2.24) is 9.80 Å². The number of piperidine rings is 1. The van der Waals surface area contributed by atoms with Gasteiger partial charge in [0.15, 0.2) is 0 Å². The maximum atomic E-state index is 11.4. The van der Waals surface area contributed by atoms with Crippen LogP contribution in [0.5, 0.6) is 0 Å². The van der Waals surface area contributed by atoms with Crippen LogP contribution in [-0.2, 0) is 4.79 Å². The molecule has 14 heavy (non-hydrogen) atoms. The molecule has 0 saturated carbocycles. The average Bonchev–Trinajstić information content (AvgIpc) is 2.16. The van der Waals surface area contributed by atoms with Crippen LogP contribution in [-0.4, -0.2) is 54.3 Å². The van der Waals surface area contributed by atoms with Crippen LogP contribution in [0.1, 0.15) is 26.2 Å². The zero-order chi connectivity index (χ0) is 10.1. The summed E-state index contributed by atoms with van der Waals surface area (Å²) in [7, 11) is 2.08. The molecule has 0 N–H and O–H groups in total. The number of hydrogen-bond donors (Lipinski definition) is 0. The molecule has 3 heteroatoms. The minimum absolute atomic E-state index is 0.143. The molecule has 0 radical (unpaired) electrons. The van der Waals surface area contributed by atoms with Crippen molar-refractivity contribution >= 4 is 5.78 Å². The first-order valence-corrected chi connectivity index (χ1v) is 5.63. The molecular weight excluding hydrogens is 176 g/mol. The summed E-state index contributed by atoms with van der Waals surface area (Å²) in [5.74, 6) is 0.316. The molecule has 0 amide bonds. The molecule has 2 rings (SSSR count). The van der Waals surface area contributed by atoms with E-state index in [1.165, 1.54) is 25.8 Å². The summed E-state index contributed by atoms with van der Waals surface area (Å²) in [6, 6.07) is 0.855. The van der Waals surface area contributed by atoms with Gasteiger partial charge >= 0.3 is 0 Å². The summed E-state index contributed by atoms with van der Waals surface area (Å²) in [6.45, 7) is 4.94. The Labute approximate surface area is 86.1 Å². The summed E-state index contributed by atoms with van der Waals surface area (Å²) < 4.78 is 0. The Morgan fingerprint density at radius 2 is 2.07 bits per heavy atom. The summed E-state index contributed by atoms with van der Waals surface area (Å²) in [5, 5.41) is 0. The number of carbonyl (C=O) groups is 1. The minimum Gasteiger partial charge on any atom is -0.298 e. The lowest BCUT2D eigenvalue weighted by Gasteiger charge is -2.46. The molecule has 2 heterocycles. The number of likely N-dealkylation sites (N-methyl/N-ethyl adjacent to an activating group) is 1. The summed E-state index contributed by atoms with van der Waals surface area (Å²) >= 11 is 0. The molecule has 0 aromatic carbocycles. The fourth-order valence-electron chi connectivity index (χ4n) is 2.77. The van der Waals surface area contributed by atoms with Crippen LogP contribution in [0.15, 0.2) is 0 Å². The van der Waals surface area contributed by atoms with E-state index in [1.54, 1.807) is 6.92 Å². The maximum Gasteiger partial charge on any atom is 0.148 e. The van der Waals surface area contributed by atoms with E-state index in [9.17, 15) is 4.79 Å². The zero-order valence-electron chi connectivity index (χ0n) is 9.20. The number of carbonyl (C=O) groups excluding carboxylic acids is 1. The second-order valence-electron chi connectivity index (χ2n) is 4.71. The number of Topliss-reactive ketones (excluding diaryl/α,β-unsaturated/α-hetero) is 1. The third-order valence-corrected chi connectivity index (χ3v) is 3.66. The largest absolute Gasteiger partial charge is 0.298 e. The normalized spacial score (nSPS) is 35.3. The fraction of sp³-hybridized carbons (Fsp3) is 0.909. The second kappa shape index (κ2) is 3.99. The topological polar surface area (TPSA) is 23.6 Å². The Hall–Kier alpha value is -0.410. The lowest BCUT2D eigenvalue weighted by Crippen LogP contribution is -2.60. The molecule has 0 aliphatic carbocycles. The first-order chi connectivity index (χ1) is 6.68. The molecule has 80 valence electrons. The van der Waals surface area contributed by atoms with Crippen LogP contribution in [0.25, 0.3) is 0 Å². The van der Waals surface area contributed by atoms with Crippen LogP contribution in [0.2, 0.25) is 0 Å². The first kappa shape index (κ1) is 10.1. The quantitative estimate of drug-likeness (QED) is 0.618. The highest BCUT2D eigenvalue weighted by Crippen LogP contribution is 2.23. The average molecular weight is 196 g/mol. The van der Waals surface area contributed by atoms with Gasteiger partial charge in [-0.3, -0.25) is 14.6 Å². The van der Waals surface area contributed by atoms with Crippen LogP contribution in [0.4, 0.5) is 0 Å². The molecule has 0 aromatic rings. The Morgan fingerprint density at radius 3 is 2.79 bits per heavy atom. The number of hydrogen-bond acceptors (Lipinski definition) is 3. The van der Waals surface area contributed by atoms with Crippen molar-refractivity contribution in [2.24, 2.45) is 0 Å². The van der Waals surface area contributed by atoms with Crippen molar-refractivity contribution in [3.05, 3.63) is 0 Å². The van der Waals surface area contributed by atoms with Gasteiger partial charge in [-0.2, -0.15) is 0 Å². The third kappa shape index (κ3) is 1.84. The summed E-state index contributed by atoms with van der Waals surface area (Å²) in [5.41, 5.74) is 0. The lowest BCUT2D eigenvalue weighted by molar-refractivity contribution is -0.125. The van der Waals surface area contributed by atoms with Gasteiger partial charge in [-0.1, -0.05) is 6.42 Å².